The number of halogens is 2. The van der Waals surface area contributed by atoms with Gasteiger partial charge in [0.05, 0.1) is 5.56 Å². The van der Waals surface area contributed by atoms with E-state index in [2.05, 4.69) is 15.3 Å². The third-order valence-electron chi connectivity index (χ3n) is 2.67. The van der Waals surface area contributed by atoms with E-state index in [0.717, 1.165) is 0 Å². The SMILES string of the molecule is NC(=O)c1cnc(Cl)nc1NCCc1ccccc1F. The van der Waals surface area contributed by atoms with E-state index in [-0.39, 0.29) is 22.5 Å². The summed E-state index contributed by atoms with van der Waals surface area (Å²) in [7, 11) is 0. The number of primary amides is 1. The number of benzene rings is 1. The third kappa shape index (κ3) is 3.42. The lowest BCUT2D eigenvalue weighted by Crippen LogP contribution is -2.17. The molecule has 0 unspecified atom stereocenters. The van der Waals surface area contributed by atoms with Crippen molar-refractivity contribution in [2.75, 3.05) is 11.9 Å². The van der Waals surface area contributed by atoms with Crippen LogP contribution in [0.4, 0.5) is 10.2 Å². The molecule has 1 aromatic heterocycles. The monoisotopic (exact) mass is 294 g/mol. The number of hydrogen-bond donors (Lipinski definition) is 2. The molecule has 3 N–H and O–H groups in total. The van der Waals surface area contributed by atoms with Crippen LogP contribution in [0.15, 0.2) is 30.5 Å². The van der Waals surface area contributed by atoms with Crippen LogP contribution >= 0.6 is 11.6 Å². The number of nitrogens with two attached hydrogens (primary N) is 1. The Hall–Kier alpha value is -2.21. The molecule has 1 amide bonds. The van der Waals surface area contributed by atoms with Crippen LogP contribution in [0.1, 0.15) is 15.9 Å². The van der Waals surface area contributed by atoms with Gasteiger partial charge in [0.1, 0.15) is 11.6 Å². The summed E-state index contributed by atoms with van der Waals surface area (Å²) in [6, 6.07) is 6.47. The molecule has 2 rings (SSSR count). The van der Waals surface area contributed by atoms with Gasteiger partial charge in [-0.15, -0.1) is 0 Å². The first kappa shape index (κ1) is 14.2. The van der Waals surface area contributed by atoms with Gasteiger partial charge in [-0.25, -0.2) is 9.37 Å². The van der Waals surface area contributed by atoms with Gasteiger partial charge in [-0.1, -0.05) is 18.2 Å². The summed E-state index contributed by atoms with van der Waals surface area (Å²) >= 11 is 5.67. The van der Waals surface area contributed by atoms with Crippen LogP contribution in [0, 0.1) is 5.82 Å². The summed E-state index contributed by atoms with van der Waals surface area (Å²) in [5.74, 6) is -0.686. The van der Waals surface area contributed by atoms with E-state index < -0.39 is 5.91 Å². The lowest BCUT2D eigenvalue weighted by atomic mass is 10.1. The van der Waals surface area contributed by atoms with Crippen LogP contribution in [0.25, 0.3) is 0 Å². The molecule has 0 spiro atoms. The predicted molar refractivity (Wildman–Crippen MR) is 74.2 cm³/mol. The summed E-state index contributed by atoms with van der Waals surface area (Å²) in [5.41, 5.74) is 5.92. The molecule has 0 aliphatic heterocycles. The molecule has 1 heterocycles. The van der Waals surface area contributed by atoms with Crippen LogP contribution < -0.4 is 11.1 Å². The Morgan fingerprint density at radius 2 is 2.15 bits per heavy atom. The van der Waals surface area contributed by atoms with E-state index >= 15 is 0 Å². The molecule has 0 atom stereocenters. The fraction of sp³-hybridized carbons (Fsp3) is 0.154. The van der Waals surface area contributed by atoms with Crippen molar-refractivity contribution < 1.29 is 9.18 Å². The Kier molecular flexibility index (Phi) is 4.47. The molecule has 0 saturated carbocycles. The Morgan fingerprint density at radius 3 is 2.85 bits per heavy atom. The molecule has 0 aliphatic rings. The first-order valence-corrected chi connectivity index (χ1v) is 6.25. The quantitative estimate of drug-likeness (QED) is 0.827. The topological polar surface area (TPSA) is 80.9 Å². The first-order chi connectivity index (χ1) is 9.58. The van der Waals surface area contributed by atoms with E-state index in [9.17, 15) is 9.18 Å². The van der Waals surface area contributed by atoms with Gasteiger partial charge in [-0.3, -0.25) is 4.79 Å². The molecule has 0 aliphatic carbocycles. The van der Waals surface area contributed by atoms with Gasteiger partial charge in [-0.05, 0) is 29.7 Å². The summed E-state index contributed by atoms with van der Waals surface area (Å²) in [6.07, 6.45) is 1.69. The van der Waals surface area contributed by atoms with E-state index in [1.807, 2.05) is 0 Å². The number of hydrogen-bond acceptors (Lipinski definition) is 4. The predicted octanol–water partition coefficient (Wildman–Crippen LogP) is 2.02. The van der Waals surface area contributed by atoms with Crippen molar-refractivity contribution in [1.82, 2.24) is 9.97 Å². The van der Waals surface area contributed by atoms with Gasteiger partial charge in [0.25, 0.3) is 5.91 Å². The Labute approximate surface area is 120 Å². The first-order valence-electron chi connectivity index (χ1n) is 5.87. The molecule has 5 nitrogen and oxygen atoms in total. The van der Waals surface area contributed by atoms with Gasteiger partial charge >= 0.3 is 0 Å². The molecule has 2 aromatic rings. The van der Waals surface area contributed by atoms with Crippen molar-refractivity contribution in [3.8, 4) is 0 Å². The molecule has 0 bridgehead atoms. The molecule has 0 fully saturated rings. The second kappa shape index (κ2) is 6.29. The van der Waals surface area contributed by atoms with E-state index in [1.54, 1.807) is 18.2 Å². The van der Waals surface area contributed by atoms with Crippen molar-refractivity contribution >= 4 is 23.3 Å². The molecule has 0 radical (unpaired) electrons. The van der Waals surface area contributed by atoms with E-state index in [0.29, 0.717) is 18.5 Å². The number of anilines is 1. The van der Waals surface area contributed by atoms with Gasteiger partial charge in [0, 0.05) is 12.7 Å². The number of carbonyl (C=O) groups excluding carboxylic acids is 1. The van der Waals surface area contributed by atoms with Crippen molar-refractivity contribution in [3.63, 3.8) is 0 Å². The molecular formula is C13H12ClFN4O. The maximum atomic E-state index is 13.4. The highest BCUT2D eigenvalue weighted by atomic mass is 35.5. The van der Waals surface area contributed by atoms with Gasteiger partial charge in [-0.2, -0.15) is 4.98 Å². The summed E-state index contributed by atoms with van der Waals surface area (Å²) < 4.78 is 13.4. The average molecular weight is 295 g/mol. The Morgan fingerprint density at radius 1 is 1.40 bits per heavy atom. The summed E-state index contributed by atoms with van der Waals surface area (Å²) in [4.78, 5) is 18.8. The molecule has 20 heavy (non-hydrogen) atoms. The van der Waals surface area contributed by atoms with E-state index in [1.165, 1.54) is 12.3 Å². The fourth-order valence-electron chi connectivity index (χ4n) is 1.69. The number of nitrogens with one attached hydrogen (secondary N) is 1. The number of carbonyl (C=O) groups is 1. The Bertz CT molecular complexity index is 636. The maximum Gasteiger partial charge on any atom is 0.254 e. The van der Waals surface area contributed by atoms with Crippen molar-refractivity contribution in [1.29, 1.82) is 0 Å². The Balaban J connectivity index is 2.06. The average Bonchev–Trinajstić information content (AvgIpc) is 2.41. The normalized spacial score (nSPS) is 10.3. The maximum absolute atomic E-state index is 13.4. The molecule has 1 aromatic carbocycles. The second-order valence-corrected chi connectivity index (χ2v) is 4.37. The highest BCUT2D eigenvalue weighted by molar-refractivity contribution is 6.28. The number of rotatable bonds is 5. The van der Waals surface area contributed by atoms with Crippen LogP contribution in [-0.2, 0) is 6.42 Å². The smallest absolute Gasteiger partial charge is 0.254 e. The number of amides is 1. The van der Waals surface area contributed by atoms with Gasteiger partial charge in [0.15, 0.2) is 0 Å². The zero-order valence-corrected chi connectivity index (χ0v) is 11.2. The molecular weight excluding hydrogens is 283 g/mol. The highest BCUT2D eigenvalue weighted by Gasteiger charge is 2.11. The molecule has 104 valence electrons. The van der Waals surface area contributed by atoms with E-state index in [4.69, 9.17) is 17.3 Å². The van der Waals surface area contributed by atoms with Crippen LogP contribution in [0.5, 0.6) is 0 Å². The zero-order valence-electron chi connectivity index (χ0n) is 10.4. The minimum absolute atomic E-state index is 0.00314. The minimum atomic E-state index is -0.657. The minimum Gasteiger partial charge on any atom is -0.369 e. The third-order valence-corrected chi connectivity index (χ3v) is 2.85. The van der Waals surface area contributed by atoms with Crippen LogP contribution in [0.2, 0.25) is 5.28 Å². The number of nitrogens with zero attached hydrogens (tertiary/aromatic N) is 2. The van der Waals surface area contributed by atoms with Crippen LogP contribution in [-0.4, -0.2) is 22.4 Å². The van der Waals surface area contributed by atoms with Crippen molar-refractivity contribution in [2.24, 2.45) is 5.73 Å². The highest BCUT2D eigenvalue weighted by Crippen LogP contribution is 2.14. The van der Waals surface area contributed by atoms with Gasteiger partial charge in [0.2, 0.25) is 5.28 Å². The summed E-state index contributed by atoms with van der Waals surface area (Å²) in [5, 5.41) is 2.91. The van der Waals surface area contributed by atoms with Crippen LogP contribution in [0.3, 0.4) is 0 Å². The fourth-order valence-corrected chi connectivity index (χ4v) is 1.83. The standard InChI is InChI=1S/C13H12ClFN4O/c14-13-18-7-9(11(16)20)12(19-13)17-6-5-8-3-1-2-4-10(8)15/h1-4,7H,5-6H2,(H2,16,20)(H,17,18,19). The molecule has 0 saturated heterocycles. The second-order valence-electron chi connectivity index (χ2n) is 4.03. The van der Waals surface area contributed by atoms with Crippen molar-refractivity contribution in [2.45, 2.75) is 6.42 Å². The van der Waals surface area contributed by atoms with Gasteiger partial charge < -0.3 is 11.1 Å². The summed E-state index contributed by atoms with van der Waals surface area (Å²) in [6.45, 7) is 0.383. The molecule has 7 heteroatoms. The number of aromatic nitrogens is 2. The lowest BCUT2D eigenvalue weighted by molar-refractivity contribution is 0.100. The lowest BCUT2D eigenvalue weighted by Gasteiger charge is -2.09. The van der Waals surface area contributed by atoms with Crippen molar-refractivity contribution in [3.05, 3.63) is 52.7 Å². The largest absolute Gasteiger partial charge is 0.369 e. The zero-order chi connectivity index (χ0) is 14.5.